The Bertz CT molecular complexity index is 523. The first-order valence-electron chi connectivity index (χ1n) is 4.11. The van der Waals surface area contributed by atoms with Crippen LogP contribution in [0.4, 0.5) is 0 Å². The predicted molar refractivity (Wildman–Crippen MR) is 50.3 cm³/mol. The Morgan fingerprint density at radius 1 is 1.46 bits per heavy atom. The molecule has 0 unspecified atom stereocenters. The first-order chi connectivity index (χ1) is 6.25. The van der Waals surface area contributed by atoms with Crippen molar-refractivity contribution in [1.82, 2.24) is 0 Å². The van der Waals surface area contributed by atoms with Crippen LogP contribution in [-0.2, 0) is 0 Å². The number of hydrogen-bond donors (Lipinski definition) is 0. The van der Waals surface area contributed by atoms with Crippen LogP contribution in [0.5, 0.6) is 0 Å². The lowest BCUT2D eigenvalue weighted by atomic mass is 10.3. The Hall–Kier alpha value is -1.64. The van der Waals surface area contributed by atoms with E-state index in [4.69, 9.17) is 4.42 Å². The van der Waals surface area contributed by atoms with E-state index in [0.29, 0.717) is 5.42 Å². The normalized spacial score (nSPS) is 14.7. The summed E-state index contributed by atoms with van der Waals surface area (Å²) >= 11 is 0. The van der Waals surface area contributed by atoms with E-state index in [0.717, 1.165) is 11.8 Å². The highest BCUT2D eigenvalue weighted by Crippen LogP contribution is 1.75. The summed E-state index contributed by atoms with van der Waals surface area (Å²) in [6.45, 7) is 0.831. The minimum atomic E-state index is -0.304. The summed E-state index contributed by atoms with van der Waals surface area (Å²) in [7, 11) is 1.97. The summed E-state index contributed by atoms with van der Waals surface area (Å²) in [4.78, 5) is 10.9. The van der Waals surface area contributed by atoms with Gasteiger partial charge in [-0.25, -0.2) is 9.37 Å². The predicted octanol–water partition coefficient (Wildman–Crippen LogP) is -1.07. The number of nitrogens with zero attached hydrogens (tertiary/aromatic N) is 1. The number of hydrogen-bond acceptors (Lipinski definition) is 2. The molecule has 1 aromatic rings. The van der Waals surface area contributed by atoms with Gasteiger partial charge in [-0.15, -0.1) is 0 Å². The molecule has 1 aliphatic heterocycles. The second-order valence-corrected chi connectivity index (χ2v) is 3.03. The van der Waals surface area contributed by atoms with E-state index in [-0.39, 0.29) is 5.63 Å². The quantitative estimate of drug-likeness (QED) is 0.471. The lowest BCUT2D eigenvalue weighted by Gasteiger charge is -1.85. The van der Waals surface area contributed by atoms with E-state index < -0.39 is 0 Å². The molecule has 0 radical (unpaired) electrons. The number of rotatable bonds is 0. The monoisotopic (exact) mass is 176 g/mol. The molecule has 0 aromatic carbocycles. The van der Waals surface area contributed by atoms with Gasteiger partial charge in [0.1, 0.15) is 12.5 Å². The average Bonchev–Trinajstić information content (AvgIpc) is 2.29. The largest absolute Gasteiger partial charge is 0.422 e. The Balaban J connectivity index is 2.80. The van der Waals surface area contributed by atoms with Crippen LogP contribution >= 0.6 is 0 Å². The Morgan fingerprint density at radius 3 is 3.15 bits per heavy atom. The van der Waals surface area contributed by atoms with E-state index in [9.17, 15) is 4.79 Å². The maximum absolute atomic E-state index is 10.9. The second kappa shape index (κ2) is 3.01. The molecule has 0 aliphatic carbocycles. The smallest absolute Gasteiger partial charge is 0.336 e. The third-order valence-corrected chi connectivity index (χ3v) is 1.97. The molecule has 3 heteroatoms. The minimum Gasteiger partial charge on any atom is -0.422 e. The lowest BCUT2D eigenvalue weighted by Crippen LogP contribution is -2.28. The van der Waals surface area contributed by atoms with Crippen LogP contribution in [-0.4, -0.2) is 24.4 Å². The molecule has 2 rings (SSSR count). The summed E-state index contributed by atoms with van der Waals surface area (Å²) in [5.41, 5.74) is 0.332. The highest BCUT2D eigenvalue weighted by molar-refractivity contribution is 5.87. The first kappa shape index (κ1) is 7.98. The average molecular weight is 176 g/mol. The fourth-order valence-electron chi connectivity index (χ4n) is 1.24. The zero-order valence-electron chi connectivity index (χ0n) is 7.36. The fraction of sp³-hybridized carbons (Fsp3) is 0.200. The van der Waals surface area contributed by atoms with Gasteiger partial charge in [0.25, 0.3) is 0 Å². The van der Waals surface area contributed by atoms with Crippen molar-refractivity contribution in [3.05, 3.63) is 33.2 Å². The molecular formula is C10H10NO2+. The molecule has 0 fully saturated rings. The summed E-state index contributed by atoms with van der Waals surface area (Å²) < 4.78 is 7.04. The van der Waals surface area contributed by atoms with Crippen LogP contribution < -0.4 is 16.3 Å². The summed E-state index contributed by atoms with van der Waals surface area (Å²) in [5, 5.41) is 0.972. The zero-order chi connectivity index (χ0) is 9.26. The van der Waals surface area contributed by atoms with Crippen molar-refractivity contribution in [2.45, 2.75) is 0 Å². The van der Waals surface area contributed by atoms with Gasteiger partial charge < -0.3 is 4.42 Å². The summed E-state index contributed by atoms with van der Waals surface area (Å²) in [6.07, 6.45) is 5.73. The van der Waals surface area contributed by atoms with Gasteiger partial charge >= 0.3 is 5.63 Å². The molecule has 13 heavy (non-hydrogen) atoms. The van der Waals surface area contributed by atoms with Gasteiger partial charge in [0, 0.05) is 17.4 Å². The fourth-order valence-corrected chi connectivity index (χ4v) is 1.24. The van der Waals surface area contributed by atoms with Gasteiger partial charge in [-0.1, -0.05) is 0 Å². The highest BCUT2D eigenvalue weighted by Gasteiger charge is 1.98. The van der Waals surface area contributed by atoms with Crippen molar-refractivity contribution in [3.63, 3.8) is 0 Å². The van der Waals surface area contributed by atoms with Gasteiger partial charge in [-0.2, -0.15) is 0 Å². The Kier molecular flexibility index (Phi) is 1.85. The van der Waals surface area contributed by atoms with Gasteiger partial charge in [0.2, 0.25) is 0 Å². The van der Waals surface area contributed by atoms with Crippen LogP contribution in [0.25, 0.3) is 12.2 Å². The van der Waals surface area contributed by atoms with Crippen molar-refractivity contribution in [2.75, 3.05) is 13.6 Å². The van der Waals surface area contributed by atoms with Crippen molar-refractivity contribution < 1.29 is 8.99 Å². The molecule has 1 aliphatic rings. The molecule has 0 amide bonds. The molecule has 0 N–H and O–H groups in total. The molecule has 0 spiro atoms. The molecule has 0 atom stereocenters. The molecule has 2 heterocycles. The second-order valence-electron chi connectivity index (χ2n) is 3.03. The van der Waals surface area contributed by atoms with Gasteiger partial charge in [-0.05, 0) is 12.1 Å². The molecular weight excluding hydrogens is 166 g/mol. The standard InChI is InChI=1S/C10H10NO2/c1-11-6-4-8-2-3-10(12)13-9(8)5-7-11/h2-5,7H,6H2,1H3/q+1. The zero-order valence-corrected chi connectivity index (χ0v) is 7.36. The maximum Gasteiger partial charge on any atom is 0.336 e. The SMILES string of the molecule is C[N+]1=CC=c2oc(=O)ccc2=CC1. The van der Waals surface area contributed by atoms with Crippen molar-refractivity contribution >= 4 is 18.4 Å². The van der Waals surface area contributed by atoms with E-state index in [2.05, 4.69) is 0 Å². The first-order valence-corrected chi connectivity index (χ1v) is 4.11. The van der Waals surface area contributed by atoms with Crippen LogP contribution in [0.15, 0.2) is 21.3 Å². The van der Waals surface area contributed by atoms with E-state index in [1.807, 2.05) is 23.9 Å². The van der Waals surface area contributed by atoms with Crippen LogP contribution in [0.2, 0.25) is 0 Å². The van der Waals surface area contributed by atoms with E-state index in [1.54, 1.807) is 12.1 Å². The third kappa shape index (κ3) is 1.59. The molecule has 66 valence electrons. The van der Waals surface area contributed by atoms with Crippen molar-refractivity contribution in [1.29, 1.82) is 0 Å². The Morgan fingerprint density at radius 2 is 2.31 bits per heavy atom. The topological polar surface area (TPSA) is 33.2 Å². The molecule has 0 bridgehead atoms. The van der Waals surface area contributed by atoms with Crippen molar-refractivity contribution in [2.24, 2.45) is 0 Å². The summed E-state index contributed by atoms with van der Waals surface area (Å²) in [6, 6.07) is 3.22. The van der Waals surface area contributed by atoms with Crippen LogP contribution in [0.1, 0.15) is 0 Å². The summed E-state index contributed by atoms with van der Waals surface area (Å²) in [5.74, 6) is 0. The van der Waals surface area contributed by atoms with Gasteiger partial charge in [0.15, 0.2) is 12.8 Å². The van der Waals surface area contributed by atoms with Gasteiger partial charge in [-0.3, -0.25) is 0 Å². The van der Waals surface area contributed by atoms with Crippen LogP contribution in [0, 0.1) is 0 Å². The molecule has 0 saturated heterocycles. The Labute approximate surface area is 74.9 Å². The maximum atomic E-state index is 10.9. The molecule has 1 aromatic heterocycles. The van der Waals surface area contributed by atoms with Crippen LogP contribution in [0.3, 0.4) is 0 Å². The molecule has 0 saturated carbocycles. The lowest BCUT2D eigenvalue weighted by molar-refractivity contribution is -0.476. The molecule has 3 nitrogen and oxygen atoms in total. The highest BCUT2D eigenvalue weighted by atomic mass is 16.4. The van der Waals surface area contributed by atoms with Crippen molar-refractivity contribution in [3.8, 4) is 0 Å². The van der Waals surface area contributed by atoms with E-state index in [1.165, 1.54) is 6.07 Å². The van der Waals surface area contributed by atoms with Gasteiger partial charge in [0.05, 0.1) is 0 Å². The number of fused-ring (bicyclic) bond motifs is 1. The minimum absolute atomic E-state index is 0.304. The third-order valence-electron chi connectivity index (χ3n) is 1.97. The van der Waals surface area contributed by atoms with E-state index >= 15 is 0 Å².